The number of benzene rings is 2. The van der Waals surface area contributed by atoms with Gasteiger partial charge in [-0.05, 0) is 23.8 Å². The van der Waals surface area contributed by atoms with E-state index in [0.717, 1.165) is 44.3 Å². The molecule has 0 atom stereocenters. The van der Waals surface area contributed by atoms with Crippen LogP contribution in [0.5, 0.6) is 0 Å². The molecule has 0 saturated carbocycles. The second-order valence-corrected chi connectivity index (χ2v) is 6.35. The van der Waals surface area contributed by atoms with Crippen LogP contribution in [0, 0.1) is 0 Å². The lowest BCUT2D eigenvalue weighted by Crippen LogP contribution is -1.93. The molecule has 0 aliphatic rings. The number of fused-ring (bicyclic) bond motifs is 2. The quantitative estimate of drug-likeness (QED) is 0.493. The summed E-state index contributed by atoms with van der Waals surface area (Å²) in [6.07, 6.45) is 5.46. The minimum absolute atomic E-state index is 0.851. The van der Waals surface area contributed by atoms with E-state index in [-0.39, 0.29) is 0 Å². The SMILES string of the molecule is Cn1cc(-c2ccc3c(-c4nn(C)c5ccccc45)ncnc3c2)cn1. The number of nitrogens with zero attached hydrogens (tertiary/aromatic N) is 6. The number of para-hydroxylation sites is 1. The molecular weight excluding hydrogens is 324 g/mol. The molecule has 5 rings (SSSR count). The molecule has 0 radical (unpaired) electrons. The summed E-state index contributed by atoms with van der Waals surface area (Å²) >= 11 is 0. The Labute approximate surface area is 149 Å². The van der Waals surface area contributed by atoms with Crippen molar-refractivity contribution in [3.63, 3.8) is 0 Å². The molecule has 0 fully saturated rings. The fourth-order valence-electron chi connectivity index (χ4n) is 3.38. The van der Waals surface area contributed by atoms with Crippen LogP contribution < -0.4 is 0 Å². The maximum atomic E-state index is 4.71. The molecule has 0 unspecified atom stereocenters. The van der Waals surface area contributed by atoms with Crippen LogP contribution in [0.2, 0.25) is 0 Å². The van der Waals surface area contributed by atoms with Crippen molar-refractivity contribution in [3.8, 4) is 22.5 Å². The Balaban J connectivity index is 1.74. The Hall–Kier alpha value is -3.54. The van der Waals surface area contributed by atoms with Crippen molar-refractivity contribution < 1.29 is 0 Å². The molecule has 0 aliphatic carbocycles. The predicted octanol–water partition coefficient (Wildman–Crippen LogP) is 3.58. The first-order valence-electron chi connectivity index (χ1n) is 8.36. The van der Waals surface area contributed by atoms with Crippen molar-refractivity contribution in [1.29, 1.82) is 0 Å². The zero-order chi connectivity index (χ0) is 17.7. The van der Waals surface area contributed by atoms with E-state index in [2.05, 4.69) is 45.4 Å². The van der Waals surface area contributed by atoms with Crippen molar-refractivity contribution in [2.75, 3.05) is 0 Å². The number of rotatable bonds is 2. The number of hydrogen-bond acceptors (Lipinski definition) is 4. The first kappa shape index (κ1) is 14.8. The molecule has 0 aliphatic heterocycles. The summed E-state index contributed by atoms with van der Waals surface area (Å²) in [5.41, 5.74) is 5.86. The van der Waals surface area contributed by atoms with Crippen molar-refractivity contribution in [1.82, 2.24) is 29.5 Å². The Bertz CT molecular complexity index is 1260. The summed E-state index contributed by atoms with van der Waals surface area (Å²) in [6.45, 7) is 0. The van der Waals surface area contributed by atoms with Gasteiger partial charge in [0.15, 0.2) is 0 Å². The molecule has 126 valence electrons. The van der Waals surface area contributed by atoms with Gasteiger partial charge in [-0.25, -0.2) is 9.97 Å². The largest absolute Gasteiger partial charge is 0.275 e. The Kier molecular flexibility index (Phi) is 3.12. The monoisotopic (exact) mass is 340 g/mol. The normalized spacial score (nSPS) is 11.5. The highest BCUT2D eigenvalue weighted by molar-refractivity contribution is 6.01. The van der Waals surface area contributed by atoms with Crippen molar-refractivity contribution in [3.05, 3.63) is 61.2 Å². The van der Waals surface area contributed by atoms with Gasteiger partial charge in [-0.1, -0.05) is 24.3 Å². The molecule has 26 heavy (non-hydrogen) atoms. The lowest BCUT2D eigenvalue weighted by Gasteiger charge is -2.05. The summed E-state index contributed by atoms with van der Waals surface area (Å²) in [4.78, 5) is 9.02. The van der Waals surface area contributed by atoms with Crippen LogP contribution in [0.4, 0.5) is 0 Å². The van der Waals surface area contributed by atoms with Gasteiger partial charge in [-0.3, -0.25) is 9.36 Å². The summed E-state index contributed by atoms with van der Waals surface area (Å²) in [6, 6.07) is 14.4. The zero-order valence-corrected chi connectivity index (χ0v) is 14.5. The topological polar surface area (TPSA) is 61.4 Å². The summed E-state index contributed by atoms with van der Waals surface area (Å²) in [7, 11) is 3.87. The van der Waals surface area contributed by atoms with Gasteiger partial charge < -0.3 is 0 Å². The van der Waals surface area contributed by atoms with E-state index in [1.54, 1.807) is 11.0 Å². The summed E-state index contributed by atoms with van der Waals surface area (Å²) in [5.74, 6) is 0. The minimum atomic E-state index is 0.851. The van der Waals surface area contributed by atoms with Gasteiger partial charge in [-0.2, -0.15) is 10.2 Å². The highest BCUT2D eigenvalue weighted by Gasteiger charge is 2.15. The van der Waals surface area contributed by atoms with Crippen molar-refractivity contribution in [2.45, 2.75) is 0 Å². The van der Waals surface area contributed by atoms with Crippen LogP contribution in [0.15, 0.2) is 61.2 Å². The molecule has 3 aromatic heterocycles. The molecular formula is C20H16N6. The van der Waals surface area contributed by atoms with E-state index in [1.807, 2.05) is 43.3 Å². The third-order valence-electron chi connectivity index (χ3n) is 4.66. The first-order valence-corrected chi connectivity index (χ1v) is 8.36. The first-order chi connectivity index (χ1) is 12.7. The van der Waals surface area contributed by atoms with Crippen LogP contribution in [0.3, 0.4) is 0 Å². The van der Waals surface area contributed by atoms with E-state index >= 15 is 0 Å². The maximum Gasteiger partial charge on any atom is 0.119 e. The third kappa shape index (κ3) is 2.19. The highest BCUT2D eigenvalue weighted by Crippen LogP contribution is 2.32. The molecule has 0 amide bonds. The second kappa shape index (κ2) is 5.49. The van der Waals surface area contributed by atoms with E-state index in [1.165, 1.54) is 0 Å². The molecule has 3 heterocycles. The molecule has 0 bridgehead atoms. The van der Waals surface area contributed by atoms with Gasteiger partial charge in [0, 0.05) is 36.6 Å². The van der Waals surface area contributed by atoms with Crippen molar-refractivity contribution >= 4 is 21.8 Å². The van der Waals surface area contributed by atoms with Gasteiger partial charge >= 0.3 is 0 Å². The molecule has 0 spiro atoms. The standard InChI is InChI=1S/C20H16N6/c1-25-11-14(10-23-25)13-7-8-15-17(9-13)21-12-22-19(15)20-16-5-3-4-6-18(16)26(2)24-20/h3-12H,1-2H3. The summed E-state index contributed by atoms with van der Waals surface area (Å²) < 4.78 is 3.69. The average molecular weight is 340 g/mol. The lowest BCUT2D eigenvalue weighted by molar-refractivity contribution is 0.768. The average Bonchev–Trinajstić information content (AvgIpc) is 3.25. The zero-order valence-electron chi connectivity index (χ0n) is 14.5. The van der Waals surface area contributed by atoms with Gasteiger partial charge in [0.05, 0.1) is 17.2 Å². The molecule has 0 saturated heterocycles. The smallest absolute Gasteiger partial charge is 0.119 e. The van der Waals surface area contributed by atoms with Crippen molar-refractivity contribution in [2.24, 2.45) is 14.1 Å². The van der Waals surface area contributed by atoms with Gasteiger partial charge in [0.25, 0.3) is 0 Å². The maximum absolute atomic E-state index is 4.71. The fourth-order valence-corrected chi connectivity index (χ4v) is 3.38. The number of aromatic nitrogens is 6. The summed E-state index contributed by atoms with van der Waals surface area (Å²) in [5, 5.41) is 11.0. The minimum Gasteiger partial charge on any atom is -0.275 e. The lowest BCUT2D eigenvalue weighted by atomic mass is 10.0. The predicted molar refractivity (Wildman–Crippen MR) is 101 cm³/mol. The van der Waals surface area contributed by atoms with Crippen LogP contribution >= 0.6 is 0 Å². The molecule has 0 N–H and O–H groups in total. The third-order valence-corrected chi connectivity index (χ3v) is 4.66. The molecule has 2 aromatic carbocycles. The fraction of sp³-hybridized carbons (Fsp3) is 0.100. The van der Waals surface area contributed by atoms with Crippen LogP contribution in [-0.4, -0.2) is 29.5 Å². The Morgan fingerprint density at radius 1 is 0.846 bits per heavy atom. The molecule has 5 aromatic rings. The van der Waals surface area contributed by atoms with E-state index < -0.39 is 0 Å². The number of hydrogen-bond donors (Lipinski definition) is 0. The highest BCUT2D eigenvalue weighted by atomic mass is 15.3. The van der Waals surface area contributed by atoms with E-state index in [0.29, 0.717) is 0 Å². The van der Waals surface area contributed by atoms with E-state index in [4.69, 9.17) is 5.10 Å². The Morgan fingerprint density at radius 3 is 2.58 bits per heavy atom. The van der Waals surface area contributed by atoms with Gasteiger partial charge in [0.2, 0.25) is 0 Å². The molecule has 6 nitrogen and oxygen atoms in total. The van der Waals surface area contributed by atoms with Crippen LogP contribution in [0.1, 0.15) is 0 Å². The van der Waals surface area contributed by atoms with Gasteiger partial charge in [0.1, 0.15) is 17.7 Å². The van der Waals surface area contributed by atoms with E-state index in [9.17, 15) is 0 Å². The van der Waals surface area contributed by atoms with Crippen LogP contribution in [-0.2, 0) is 14.1 Å². The number of aryl methyl sites for hydroxylation is 2. The molecule has 6 heteroatoms. The Morgan fingerprint density at radius 2 is 1.73 bits per heavy atom. The second-order valence-electron chi connectivity index (χ2n) is 6.35. The van der Waals surface area contributed by atoms with Gasteiger partial charge in [-0.15, -0.1) is 0 Å². The van der Waals surface area contributed by atoms with Crippen LogP contribution in [0.25, 0.3) is 44.3 Å².